The predicted molar refractivity (Wildman–Crippen MR) is 79.6 cm³/mol. The zero-order chi connectivity index (χ0) is 15.1. The Labute approximate surface area is 118 Å². The topological polar surface area (TPSA) is 109 Å². The second-order valence-electron chi connectivity index (χ2n) is 4.63. The van der Waals surface area contributed by atoms with Crippen LogP contribution in [0.3, 0.4) is 0 Å². The lowest BCUT2D eigenvalue weighted by atomic mass is 10.2. The standard InChI is InChI=1S/C12H22N6O2/c1-4-9(2)17(3)8-7-14-12-10(18(19)20)5-6-11(15-12)16-13/h5-6,9H,4,7-8,13H2,1-3H3,(H2,14,15,16). The van der Waals surface area contributed by atoms with E-state index in [0.29, 0.717) is 18.4 Å². The second kappa shape index (κ2) is 7.61. The molecule has 8 nitrogen and oxygen atoms in total. The van der Waals surface area contributed by atoms with Crippen molar-refractivity contribution in [3.8, 4) is 0 Å². The first-order valence-electron chi connectivity index (χ1n) is 6.55. The lowest BCUT2D eigenvalue weighted by molar-refractivity contribution is -0.384. The summed E-state index contributed by atoms with van der Waals surface area (Å²) in [5.74, 6) is 5.87. The van der Waals surface area contributed by atoms with Gasteiger partial charge in [-0.15, -0.1) is 0 Å². The van der Waals surface area contributed by atoms with Gasteiger partial charge in [-0.05, 0) is 26.5 Å². The smallest absolute Gasteiger partial charge is 0.311 e. The van der Waals surface area contributed by atoms with E-state index in [1.165, 1.54) is 12.1 Å². The fourth-order valence-electron chi connectivity index (χ4n) is 1.69. The number of nitrogens with zero attached hydrogens (tertiary/aromatic N) is 3. The number of rotatable bonds is 8. The summed E-state index contributed by atoms with van der Waals surface area (Å²) in [6.07, 6.45) is 1.06. The Morgan fingerprint density at radius 2 is 2.25 bits per heavy atom. The van der Waals surface area contributed by atoms with Crippen LogP contribution in [0.2, 0.25) is 0 Å². The third kappa shape index (κ3) is 4.32. The van der Waals surface area contributed by atoms with E-state index in [4.69, 9.17) is 5.84 Å². The SMILES string of the molecule is CCC(C)N(C)CCNc1nc(NN)ccc1[N+](=O)[O-]. The average molecular weight is 282 g/mol. The molecule has 1 atom stereocenters. The maximum atomic E-state index is 10.9. The molecule has 0 bridgehead atoms. The van der Waals surface area contributed by atoms with E-state index >= 15 is 0 Å². The lowest BCUT2D eigenvalue weighted by Crippen LogP contribution is -2.32. The van der Waals surface area contributed by atoms with Crippen molar-refractivity contribution in [3.05, 3.63) is 22.2 Å². The predicted octanol–water partition coefficient (Wildman–Crippen LogP) is 1.42. The number of nitro groups is 1. The highest BCUT2D eigenvalue weighted by Crippen LogP contribution is 2.23. The second-order valence-corrected chi connectivity index (χ2v) is 4.63. The van der Waals surface area contributed by atoms with Gasteiger partial charge in [-0.3, -0.25) is 10.1 Å². The maximum Gasteiger partial charge on any atom is 0.311 e. The molecule has 1 aromatic heterocycles. The number of aromatic nitrogens is 1. The quantitative estimate of drug-likeness (QED) is 0.376. The third-order valence-electron chi connectivity index (χ3n) is 3.32. The van der Waals surface area contributed by atoms with Crippen LogP contribution in [0.5, 0.6) is 0 Å². The number of pyridine rings is 1. The summed E-state index contributed by atoms with van der Waals surface area (Å²) >= 11 is 0. The molecule has 0 radical (unpaired) electrons. The zero-order valence-electron chi connectivity index (χ0n) is 12.1. The third-order valence-corrected chi connectivity index (χ3v) is 3.32. The summed E-state index contributed by atoms with van der Waals surface area (Å²) in [6, 6.07) is 3.31. The van der Waals surface area contributed by atoms with Crippen LogP contribution in [0.4, 0.5) is 17.3 Å². The van der Waals surface area contributed by atoms with E-state index in [-0.39, 0.29) is 11.5 Å². The summed E-state index contributed by atoms with van der Waals surface area (Å²) in [7, 11) is 2.02. The molecule has 1 aromatic rings. The highest BCUT2D eigenvalue weighted by atomic mass is 16.6. The van der Waals surface area contributed by atoms with Gasteiger partial charge >= 0.3 is 5.69 Å². The minimum absolute atomic E-state index is 0.0600. The van der Waals surface area contributed by atoms with Crippen molar-refractivity contribution >= 4 is 17.3 Å². The first-order valence-corrected chi connectivity index (χ1v) is 6.55. The number of nitrogen functional groups attached to an aromatic ring is 1. The van der Waals surface area contributed by atoms with Gasteiger partial charge in [-0.25, -0.2) is 10.8 Å². The molecule has 0 spiro atoms. The van der Waals surface area contributed by atoms with Gasteiger partial charge in [0.1, 0.15) is 5.82 Å². The fraction of sp³-hybridized carbons (Fsp3) is 0.583. The molecule has 0 aromatic carbocycles. The molecular formula is C12H22N6O2. The van der Waals surface area contributed by atoms with Gasteiger partial charge in [0.05, 0.1) is 4.92 Å². The molecule has 112 valence electrons. The molecule has 8 heteroatoms. The van der Waals surface area contributed by atoms with Crippen molar-refractivity contribution in [2.45, 2.75) is 26.3 Å². The van der Waals surface area contributed by atoms with Crippen molar-refractivity contribution in [2.75, 3.05) is 30.9 Å². The number of nitrogens with one attached hydrogen (secondary N) is 2. The minimum atomic E-state index is -0.464. The lowest BCUT2D eigenvalue weighted by Gasteiger charge is -2.23. The number of anilines is 2. The number of likely N-dealkylation sites (N-methyl/N-ethyl adjacent to an activating group) is 1. The minimum Gasteiger partial charge on any atom is -0.363 e. The molecule has 0 saturated heterocycles. The molecule has 0 aliphatic heterocycles. The molecule has 20 heavy (non-hydrogen) atoms. The Balaban J connectivity index is 2.68. The number of nitrogens with two attached hydrogens (primary N) is 1. The Morgan fingerprint density at radius 3 is 2.80 bits per heavy atom. The maximum absolute atomic E-state index is 10.9. The van der Waals surface area contributed by atoms with Gasteiger partial charge in [0.2, 0.25) is 5.82 Å². The monoisotopic (exact) mass is 282 g/mol. The summed E-state index contributed by atoms with van der Waals surface area (Å²) < 4.78 is 0. The number of hydrogen-bond donors (Lipinski definition) is 3. The molecule has 1 rings (SSSR count). The largest absolute Gasteiger partial charge is 0.363 e. The van der Waals surface area contributed by atoms with Crippen molar-refractivity contribution in [2.24, 2.45) is 5.84 Å². The Kier molecular flexibility index (Phi) is 6.13. The Bertz CT molecular complexity index is 454. The van der Waals surface area contributed by atoms with Crippen LogP contribution >= 0.6 is 0 Å². The summed E-state index contributed by atoms with van der Waals surface area (Å²) in [4.78, 5) is 16.7. The van der Waals surface area contributed by atoms with E-state index in [9.17, 15) is 10.1 Å². The molecule has 1 heterocycles. The van der Waals surface area contributed by atoms with E-state index in [1.807, 2.05) is 7.05 Å². The first-order chi connectivity index (χ1) is 9.49. The van der Waals surface area contributed by atoms with Gasteiger partial charge in [0, 0.05) is 25.2 Å². The summed E-state index contributed by atoms with van der Waals surface area (Å²) in [5.41, 5.74) is 2.32. The highest BCUT2D eigenvalue weighted by molar-refractivity contribution is 5.59. The van der Waals surface area contributed by atoms with Gasteiger partial charge in [-0.2, -0.15) is 0 Å². The fourth-order valence-corrected chi connectivity index (χ4v) is 1.69. The average Bonchev–Trinajstić information content (AvgIpc) is 2.45. The Morgan fingerprint density at radius 1 is 1.55 bits per heavy atom. The molecule has 4 N–H and O–H groups in total. The van der Waals surface area contributed by atoms with Crippen LogP contribution in [0, 0.1) is 10.1 Å². The van der Waals surface area contributed by atoms with Crippen molar-refractivity contribution in [3.63, 3.8) is 0 Å². The van der Waals surface area contributed by atoms with Crippen molar-refractivity contribution in [1.82, 2.24) is 9.88 Å². The molecule has 0 amide bonds. The van der Waals surface area contributed by atoms with Gasteiger partial charge < -0.3 is 15.6 Å². The van der Waals surface area contributed by atoms with Crippen molar-refractivity contribution in [1.29, 1.82) is 0 Å². The van der Waals surface area contributed by atoms with Gasteiger partial charge in [0.15, 0.2) is 0 Å². The van der Waals surface area contributed by atoms with E-state index in [0.717, 1.165) is 13.0 Å². The van der Waals surface area contributed by atoms with Gasteiger partial charge in [-0.1, -0.05) is 6.92 Å². The van der Waals surface area contributed by atoms with Crippen LogP contribution in [0.1, 0.15) is 20.3 Å². The molecule has 0 saturated carbocycles. The van der Waals surface area contributed by atoms with Crippen LogP contribution < -0.4 is 16.6 Å². The molecular weight excluding hydrogens is 260 g/mol. The molecule has 0 aliphatic carbocycles. The van der Waals surface area contributed by atoms with Crippen LogP contribution in [-0.2, 0) is 0 Å². The normalized spacial score (nSPS) is 12.2. The van der Waals surface area contributed by atoms with E-state index < -0.39 is 4.92 Å². The zero-order valence-corrected chi connectivity index (χ0v) is 12.1. The molecule has 0 fully saturated rings. The van der Waals surface area contributed by atoms with Gasteiger partial charge in [0.25, 0.3) is 0 Å². The first kappa shape index (κ1) is 16.1. The van der Waals surface area contributed by atoms with E-state index in [1.54, 1.807) is 0 Å². The van der Waals surface area contributed by atoms with Crippen molar-refractivity contribution < 1.29 is 4.92 Å². The highest BCUT2D eigenvalue weighted by Gasteiger charge is 2.16. The van der Waals surface area contributed by atoms with Crippen LogP contribution in [-0.4, -0.2) is 41.0 Å². The number of hydrazine groups is 1. The Hall–Kier alpha value is -1.93. The van der Waals surface area contributed by atoms with Crippen LogP contribution in [0.25, 0.3) is 0 Å². The van der Waals surface area contributed by atoms with Crippen LogP contribution in [0.15, 0.2) is 12.1 Å². The number of hydrogen-bond acceptors (Lipinski definition) is 7. The molecule has 1 unspecified atom stereocenters. The summed E-state index contributed by atoms with van der Waals surface area (Å²) in [6.45, 7) is 5.61. The van der Waals surface area contributed by atoms with E-state index in [2.05, 4.69) is 34.5 Å². The molecule has 0 aliphatic rings. The summed E-state index contributed by atoms with van der Waals surface area (Å²) in [5, 5.41) is 13.9.